The number of carbonyl (C=O) groups excluding carboxylic acids is 1. The van der Waals surface area contributed by atoms with Crippen molar-refractivity contribution >= 4 is 18.3 Å². The van der Waals surface area contributed by atoms with Crippen LogP contribution in [0.15, 0.2) is 30.5 Å². The third-order valence-corrected chi connectivity index (χ3v) is 3.76. The highest BCUT2D eigenvalue weighted by Crippen LogP contribution is 2.34. The van der Waals surface area contributed by atoms with E-state index in [9.17, 15) is 22.4 Å². The Morgan fingerprint density at radius 2 is 2.04 bits per heavy atom. The van der Waals surface area contributed by atoms with Crippen molar-refractivity contribution in [2.45, 2.75) is 18.6 Å². The molecule has 1 aliphatic heterocycles. The normalized spacial score (nSPS) is 17.2. The van der Waals surface area contributed by atoms with Gasteiger partial charge < -0.3 is 10.6 Å². The molecule has 2 N–H and O–H groups in total. The Hall–Kier alpha value is -2.13. The first-order valence-electron chi connectivity index (χ1n) is 7.29. The lowest BCUT2D eigenvalue weighted by atomic mass is 10.2. The molecule has 1 fully saturated rings. The molecule has 0 bridgehead atoms. The smallest absolute Gasteiger partial charge is 0.348 e. The van der Waals surface area contributed by atoms with Gasteiger partial charge in [-0.15, -0.1) is 12.4 Å². The molecular weight excluding hydrogens is 364 g/mol. The van der Waals surface area contributed by atoms with Crippen LogP contribution in [0, 0.1) is 5.82 Å². The second-order valence-corrected chi connectivity index (χ2v) is 5.43. The van der Waals surface area contributed by atoms with E-state index < -0.39 is 29.2 Å². The number of nitrogens with one attached hydrogen (secondary N) is 2. The lowest BCUT2D eigenvalue weighted by Crippen LogP contribution is -2.37. The Bertz CT molecular complexity index is 756. The van der Waals surface area contributed by atoms with Crippen LogP contribution in [0.4, 0.5) is 17.6 Å². The van der Waals surface area contributed by atoms with Gasteiger partial charge in [-0.25, -0.2) is 9.07 Å². The summed E-state index contributed by atoms with van der Waals surface area (Å²) in [6.45, 7) is 1.18. The predicted octanol–water partition coefficient (Wildman–Crippen LogP) is 2.54. The third-order valence-electron chi connectivity index (χ3n) is 3.76. The zero-order valence-corrected chi connectivity index (χ0v) is 13.6. The fourth-order valence-corrected chi connectivity index (χ4v) is 2.63. The first kappa shape index (κ1) is 19.2. The minimum Gasteiger partial charge on any atom is -0.348 e. The van der Waals surface area contributed by atoms with E-state index >= 15 is 0 Å². The molecule has 0 aliphatic carbocycles. The average molecular weight is 379 g/mol. The lowest BCUT2D eigenvalue weighted by Gasteiger charge is -2.15. The van der Waals surface area contributed by atoms with Crippen molar-refractivity contribution in [3.05, 3.63) is 47.5 Å². The van der Waals surface area contributed by atoms with E-state index in [0.717, 1.165) is 12.3 Å². The summed E-state index contributed by atoms with van der Waals surface area (Å²) in [5.74, 6) is -1.74. The van der Waals surface area contributed by atoms with Gasteiger partial charge in [-0.1, -0.05) is 12.1 Å². The van der Waals surface area contributed by atoms with Crippen molar-refractivity contribution in [3.8, 4) is 5.69 Å². The van der Waals surface area contributed by atoms with Crippen LogP contribution < -0.4 is 10.6 Å². The Morgan fingerprint density at radius 3 is 2.64 bits per heavy atom. The standard InChI is InChI=1S/C15H14F4N4O.ClH/c16-11-3-1-2-4-12(11)23-13(15(17,18)19)10(8-21-23)14(24)22-9-5-6-20-7-9;/h1-4,8-9,20H,5-7H2,(H,22,24);1H. The number of carbonyl (C=O) groups is 1. The number of halogens is 5. The molecule has 1 atom stereocenters. The molecule has 1 aromatic heterocycles. The second kappa shape index (κ2) is 7.40. The van der Waals surface area contributed by atoms with E-state index in [0.29, 0.717) is 24.2 Å². The zero-order chi connectivity index (χ0) is 17.3. The van der Waals surface area contributed by atoms with Crippen molar-refractivity contribution in [2.24, 2.45) is 0 Å². The molecule has 5 nitrogen and oxygen atoms in total. The maximum atomic E-state index is 13.8. The summed E-state index contributed by atoms with van der Waals surface area (Å²) in [5.41, 5.74) is -2.29. The molecule has 0 spiro atoms. The highest BCUT2D eigenvalue weighted by atomic mass is 35.5. The minimum absolute atomic E-state index is 0. The Balaban J connectivity index is 0.00000225. The van der Waals surface area contributed by atoms with E-state index in [1.807, 2.05) is 0 Å². The summed E-state index contributed by atoms with van der Waals surface area (Å²) in [4.78, 5) is 12.2. The van der Waals surface area contributed by atoms with Crippen LogP contribution in [0.3, 0.4) is 0 Å². The van der Waals surface area contributed by atoms with Gasteiger partial charge in [-0.3, -0.25) is 4.79 Å². The van der Waals surface area contributed by atoms with E-state index in [-0.39, 0.29) is 24.1 Å². The summed E-state index contributed by atoms with van der Waals surface area (Å²) in [6, 6.07) is 4.71. The number of alkyl halides is 3. The SMILES string of the molecule is Cl.O=C(NC1CCNC1)c1cnn(-c2ccccc2F)c1C(F)(F)F. The first-order chi connectivity index (χ1) is 11.4. The highest BCUT2D eigenvalue weighted by Gasteiger charge is 2.41. The van der Waals surface area contributed by atoms with Gasteiger partial charge in [-0.2, -0.15) is 18.3 Å². The van der Waals surface area contributed by atoms with Gasteiger partial charge in [0.2, 0.25) is 0 Å². The highest BCUT2D eigenvalue weighted by molar-refractivity contribution is 5.95. The molecule has 1 unspecified atom stereocenters. The number of amides is 1. The van der Waals surface area contributed by atoms with Crippen molar-refractivity contribution in [2.75, 3.05) is 13.1 Å². The maximum Gasteiger partial charge on any atom is 0.434 e. The minimum atomic E-state index is -4.86. The number of rotatable bonds is 3. The van der Waals surface area contributed by atoms with Crippen molar-refractivity contribution in [3.63, 3.8) is 0 Å². The predicted molar refractivity (Wildman–Crippen MR) is 84.5 cm³/mol. The van der Waals surface area contributed by atoms with Crippen molar-refractivity contribution in [1.29, 1.82) is 0 Å². The van der Waals surface area contributed by atoms with Crippen LogP contribution in [0.25, 0.3) is 5.69 Å². The van der Waals surface area contributed by atoms with Crippen LogP contribution in [-0.4, -0.2) is 34.8 Å². The van der Waals surface area contributed by atoms with Gasteiger partial charge in [0.1, 0.15) is 11.5 Å². The van der Waals surface area contributed by atoms with Crippen molar-refractivity contribution < 1.29 is 22.4 Å². The molecule has 0 saturated carbocycles. The molecule has 25 heavy (non-hydrogen) atoms. The number of aromatic nitrogens is 2. The van der Waals surface area contributed by atoms with Gasteiger partial charge >= 0.3 is 6.18 Å². The van der Waals surface area contributed by atoms with Crippen LogP contribution in [0.5, 0.6) is 0 Å². The average Bonchev–Trinajstić information content (AvgIpc) is 3.15. The number of hydrogen-bond donors (Lipinski definition) is 2. The van der Waals surface area contributed by atoms with Gasteiger partial charge in [0, 0.05) is 12.6 Å². The molecule has 0 radical (unpaired) electrons. The molecular formula is C15H15ClF4N4O. The molecule has 136 valence electrons. The van der Waals surface area contributed by atoms with Crippen LogP contribution in [-0.2, 0) is 6.18 Å². The summed E-state index contributed by atoms with van der Waals surface area (Å²) in [6.07, 6.45) is -3.42. The molecule has 1 aliphatic rings. The van der Waals surface area contributed by atoms with E-state index in [4.69, 9.17) is 0 Å². The van der Waals surface area contributed by atoms with Crippen LogP contribution in [0.2, 0.25) is 0 Å². The lowest BCUT2D eigenvalue weighted by molar-refractivity contribution is -0.143. The maximum absolute atomic E-state index is 13.8. The Kier molecular flexibility index (Phi) is 5.69. The molecule has 1 saturated heterocycles. The summed E-state index contributed by atoms with van der Waals surface area (Å²) >= 11 is 0. The fourth-order valence-electron chi connectivity index (χ4n) is 2.63. The van der Waals surface area contributed by atoms with Crippen molar-refractivity contribution in [1.82, 2.24) is 20.4 Å². The summed E-state index contributed by atoms with van der Waals surface area (Å²) < 4.78 is 54.6. The molecule has 2 heterocycles. The van der Waals surface area contributed by atoms with Gasteiger partial charge in [0.25, 0.3) is 5.91 Å². The number of benzene rings is 1. The van der Waals surface area contributed by atoms with Gasteiger partial charge in [-0.05, 0) is 25.1 Å². The quantitative estimate of drug-likeness (QED) is 0.807. The Labute approximate surface area is 146 Å². The van der Waals surface area contributed by atoms with E-state index in [1.54, 1.807) is 0 Å². The van der Waals surface area contributed by atoms with E-state index in [2.05, 4.69) is 15.7 Å². The Morgan fingerprint density at radius 1 is 1.32 bits per heavy atom. The number of nitrogens with zero attached hydrogens (tertiary/aromatic N) is 2. The first-order valence-corrected chi connectivity index (χ1v) is 7.29. The van der Waals surface area contributed by atoms with E-state index in [1.165, 1.54) is 18.2 Å². The molecule has 2 aromatic rings. The van der Waals surface area contributed by atoms with Gasteiger partial charge in [0.15, 0.2) is 5.69 Å². The topological polar surface area (TPSA) is 59.0 Å². The third kappa shape index (κ3) is 3.93. The van der Waals surface area contributed by atoms with Gasteiger partial charge in [0.05, 0.1) is 11.8 Å². The largest absolute Gasteiger partial charge is 0.434 e. The monoisotopic (exact) mass is 378 g/mol. The molecule has 1 aromatic carbocycles. The zero-order valence-electron chi connectivity index (χ0n) is 12.8. The summed E-state index contributed by atoms with van der Waals surface area (Å²) in [5, 5.41) is 9.13. The fraction of sp³-hybridized carbons (Fsp3) is 0.333. The number of para-hydroxylation sites is 1. The molecule has 3 rings (SSSR count). The van der Waals surface area contributed by atoms with Crippen LogP contribution >= 0.6 is 12.4 Å². The van der Waals surface area contributed by atoms with Crippen LogP contribution in [0.1, 0.15) is 22.5 Å². The molecule has 1 amide bonds. The summed E-state index contributed by atoms with van der Waals surface area (Å²) in [7, 11) is 0. The second-order valence-electron chi connectivity index (χ2n) is 5.43. The number of hydrogen-bond acceptors (Lipinski definition) is 3. The molecule has 10 heteroatoms.